The van der Waals surface area contributed by atoms with Crippen LogP contribution < -0.4 is 0 Å². The molecule has 0 saturated carbocycles. The molecule has 1 nitrogen and oxygen atoms in total. The molecule has 0 bridgehead atoms. The van der Waals surface area contributed by atoms with Gasteiger partial charge in [0.05, 0.1) is 0 Å². The first-order valence-electron chi connectivity index (χ1n) is 3.85. The van der Waals surface area contributed by atoms with Gasteiger partial charge in [0.1, 0.15) is 0 Å². The molecule has 0 atom stereocenters. The summed E-state index contributed by atoms with van der Waals surface area (Å²) in [5.41, 5.74) is 0.942. The number of allylic oxidation sites excluding steroid dienone is 4. The van der Waals surface area contributed by atoms with E-state index in [0.717, 1.165) is 24.8 Å². The van der Waals surface area contributed by atoms with Gasteiger partial charge in [-0.15, -0.1) is 0 Å². The SMILES string of the molecule is O=[C]([Ru])C1=CC=CCCCC1. The Labute approximate surface area is 77.2 Å². The molecule has 0 amide bonds. The molecule has 0 radical (unpaired) electrons. The Bertz CT molecular complexity index is 204. The van der Waals surface area contributed by atoms with E-state index in [1.165, 1.54) is 6.42 Å². The summed E-state index contributed by atoms with van der Waals surface area (Å²) < 4.78 is 0.149. The number of rotatable bonds is 1. The number of hydrogen-bond donors (Lipinski definition) is 0. The minimum absolute atomic E-state index is 0.149. The van der Waals surface area contributed by atoms with Crippen LogP contribution in [0.15, 0.2) is 23.8 Å². The molecular formula is C9H11ORu. The molecule has 0 heterocycles. The van der Waals surface area contributed by atoms with Gasteiger partial charge in [0.15, 0.2) is 0 Å². The van der Waals surface area contributed by atoms with Crippen LogP contribution in [0.25, 0.3) is 0 Å². The van der Waals surface area contributed by atoms with E-state index in [1.807, 2.05) is 12.2 Å². The summed E-state index contributed by atoms with van der Waals surface area (Å²) in [6.07, 6.45) is 10.5. The van der Waals surface area contributed by atoms with Crippen molar-refractivity contribution in [1.29, 1.82) is 0 Å². The standard InChI is InChI=1S/C9H11O.Ru/c10-8-9-6-4-2-1-3-5-7-9;/h2,4,6H,1,3,5,7H2;. The Kier molecular flexibility index (Phi) is 3.72. The van der Waals surface area contributed by atoms with Gasteiger partial charge in [-0.2, -0.15) is 0 Å². The van der Waals surface area contributed by atoms with Crippen LogP contribution in [0.5, 0.6) is 0 Å². The van der Waals surface area contributed by atoms with Crippen molar-refractivity contribution in [1.82, 2.24) is 0 Å². The molecule has 61 valence electrons. The first-order valence-corrected chi connectivity index (χ1v) is 4.72. The van der Waals surface area contributed by atoms with Gasteiger partial charge in [0.2, 0.25) is 0 Å². The van der Waals surface area contributed by atoms with Crippen molar-refractivity contribution in [3.63, 3.8) is 0 Å². The summed E-state index contributed by atoms with van der Waals surface area (Å²) in [6.45, 7) is 0. The second-order valence-corrected chi connectivity index (χ2v) is 3.42. The molecule has 1 rings (SSSR count). The number of carbonyl (C=O) groups excluding carboxylic acids is 1. The van der Waals surface area contributed by atoms with E-state index in [4.69, 9.17) is 0 Å². The predicted molar refractivity (Wildman–Crippen MR) is 40.7 cm³/mol. The van der Waals surface area contributed by atoms with Crippen LogP contribution in [0.2, 0.25) is 0 Å². The van der Waals surface area contributed by atoms with E-state index in [1.54, 1.807) is 0 Å². The Morgan fingerprint density at radius 3 is 3.00 bits per heavy atom. The fourth-order valence-corrected chi connectivity index (χ4v) is 1.46. The second kappa shape index (κ2) is 4.61. The van der Waals surface area contributed by atoms with Gasteiger partial charge < -0.3 is 0 Å². The fraction of sp³-hybridized carbons (Fsp3) is 0.444. The molecule has 0 N–H and O–H groups in total. The van der Waals surface area contributed by atoms with E-state index >= 15 is 0 Å². The Morgan fingerprint density at radius 1 is 1.45 bits per heavy atom. The maximum atomic E-state index is 10.9. The topological polar surface area (TPSA) is 17.1 Å². The average Bonchev–Trinajstić information content (AvgIpc) is 1.84. The first kappa shape index (κ1) is 8.87. The van der Waals surface area contributed by atoms with Gasteiger partial charge in [0, 0.05) is 0 Å². The quantitative estimate of drug-likeness (QED) is 0.637. The normalized spacial score (nSPS) is 18.5. The van der Waals surface area contributed by atoms with Crippen LogP contribution in [0, 0.1) is 0 Å². The van der Waals surface area contributed by atoms with Crippen LogP contribution in [0.3, 0.4) is 0 Å². The second-order valence-electron chi connectivity index (χ2n) is 2.63. The van der Waals surface area contributed by atoms with Crippen molar-refractivity contribution in [2.75, 3.05) is 0 Å². The fourth-order valence-electron chi connectivity index (χ4n) is 1.10. The summed E-state index contributed by atoms with van der Waals surface area (Å²) in [5, 5.41) is 0. The van der Waals surface area contributed by atoms with Crippen LogP contribution in [-0.4, -0.2) is 4.38 Å². The maximum absolute atomic E-state index is 10.9. The number of hydrogen-bond acceptors (Lipinski definition) is 1. The van der Waals surface area contributed by atoms with E-state index in [-0.39, 0.29) is 4.38 Å². The summed E-state index contributed by atoms with van der Waals surface area (Å²) in [5.74, 6) is 0. The Balaban J connectivity index is 2.65. The van der Waals surface area contributed by atoms with E-state index in [2.05, 4.69) is 24.4 Å². The third kappa shape index (κ3) is 3.11. The molecule has 0 aromatic heterocycles. The van der Waals surface area contributed by atoms with Crippen LogP contribution in [-0.2, 0) is 23.1 Å². The van der Waals surface area contributed by atoms with Gasteiger partial charge in [-0.1, -0.05) is 0 Å². The monoisotopic (exact) mass is 237 g/mol. The van der Waals surface area contributed by atoms with Crippen molar-refractivity contribution < 1.29 is 23.1 Å². The van der Waals surface area contributed by atoms with Gasteiger partial charge in [0.25, 0.3) is 0 Å². The molecule has 0 unspecified atom stereocenters. The third-order valence-corrected chi connectivity index (χ3v) is 2.30. The molecular weight excluding hydrogens is 225 g/mol. The molecule has 1 aliphatic carbocycles. The molecule has 0 fully saturated rings. The molecule has 2 heteroatoms. The molecule has 0 aromatic rings. The minimum atomic E-state index is 0.149. The summed E-state index contributed by atoms with van der Waals surface area (Å²) in [4.78, 5) is 10.9. The average molecular weight is 236 g/mol. The van der Waals surface area contributed by atoms with Gasteiger partial charge in [-0.3, -0.25) is 0 Å². The van der Waals surface area contributed by atoms with Gasteiger partial charge >= 0.3 is 77.0 Å². The molecule has 11 heavy (non-hydrogen) atoms. The Morgan fingerprint density at radius 2 is 2.27 bits per heavy atom. The van der Waals surface area contributed by atoms with Crippen molar-refractivity contribution in [2.24, 2.45) is 0 Å². The predicted octanol–water partition coefficient (Wildman–Crippen LogP) is 2.12. The summed E-state index contributed by atoms with van der Waals surface area (Å²) in [6, 6.07) is 0. The van der Waals surface area contributed by atoms with Crippen molar-refractivity contribution in [3.8, 4) is 0 Å². The molecule has 1 aliphatic rings. The van der Waals surface area contributed by atoms with E-state index in [9.17, 15) is 4.79 Å². The zero-order valence-corrected chi connectivity index (χ0v) is 8.06. The molecule has 0 aliphatic heterocycles. The zero-order chi connectivity index (χ0) is 8.10. The van der Waals surface area contributed by atoms with Crippen molar-refractivity contribution in [3.05, 3.63) is 23.8 Å². The Hall–Kier alpha value is -0.227. The van der Waals surface area contributed by atoms with E-state index in [0.29, 0.717) is 0 Å². The molecule has 0 saturated heterocycles. The van der Waals surface area contributed by atoms with E-state index < -0.39 is 0 Å². The van der Waals surface area contributed by atoms with Gasteiger partial charge in [-0.05, 0) is 0 Å². The third-order valence-electron chi connectivity index (χ3n) is 1.75. The summed E-state index contributed by atoms with van der Waals surface area (Å²) in [7, 11) is 0. The van der Waals surface area contributed by atoms with Gasteiger partial charge in [-0.25, -0.2) is 0 Å². The first-order chi connectivity index (χ1) is 5.30. The van der Waals surface area contributed by atoms with Crippen LogP contribution in [0.1, 0.15) is 25.7 Å². The zero-order valence-electron chi connectivity index (χ0n) is 6.32. The van der Waals surface area contributed by atoms with Crippen molar-refractivity contribution in [2.45, 2.75) is 25.7 Å². The van der Waals surface area contributed by atoms with Crippen LogP contribution >= 0.6 is 0 Å². The van der Waals surface area contributed by atoms with Crippen molar-refractivity contribution >= 4 is 4.38 Å². The molecule has 0 aromatic carbocycles. The number of carbonyl (C=O) groups is 1. The van der Waals surface area contributed by atoms with Crippen LogP contribution in [0.4, 0.5) is 0 Å². The summed E-state index contributed by atoms with van der Waals surface area (Å²) >= 11 is 2.13. The molecule has 0 spiro atoms.